The van der Waals surface area contributed by atoms with E-state index in [4.69, 9.17) is 0 Å². The van der Waals surface area contributed by atoms with Crippen molar-refractivity contribution in [3.8, 4) is 0 Å². The maximum atomic E-state index is 11.2. The number of hydrogen-bond acceptors (Lipinski definition) is 3. The summed E-state index contributed by atoms with van der Waals surface area (Å²) in [4.78, 5) is -0.152. The second-order valence-corrected chi connectivity index (χ2v) is 8.57. The molecule has 0 radical (unpaired) electrons. The molecule has 0 saturated carbocycles. The fraction of sp³-hybridized carbons (Fsp3) is 0.545. The summed E-state index contributed by atoms with van der Waals surface area (Å²) in [5, 5.41) is 1.88. The SMILES string of the molecule is CCCCCCCCCCCCc1cccc2cc(S(=O)(=O)[O-])ccc12.[K+]. The molecule has 0 atom stereocenters. The summed E-state index contributed by atoms with van der Waals surface area (Å²) in [6, 6.07) is 10.6. The summed E-state index contributed by atoms with van der Waals surface area (Å²) in [5.74, 6) is 0. The van der Waals surface area contributed by atoms with Crippen LogP contribution in [0.2, 0.25) is 0 Å². The van der Waals surface area contributed by atoms with Crippen molar-refractivity contribution in [2.45, 2.75) is 82.4 Å². The topological polar surface area (TPSA) is 57.2 Å². The van der Waals surface area contributed by atoms with Gasteiger partial charge in [-0.3, -0.25) is 0 Å². The van der Waals surface area contributed by atoms with Crippen LogP contribution in [-0.4, -0.2) is 13.0 Å². The summed E-state index contributed by atoms with van der Waals surface area (Å²) in [5.41, 5.74) is 1.23. The van der Waals surface area contributed by atoms with Gasteiger partial charge in [0, 0.05) is 0 Å². The zero-order valence-corrected chi connectivity index (χ0v) is 20.8. The molecule has 0 fully saturated rings. The van der Waals surface area contributed by atoms with Crippen molar-refractivity contribution in [1.82, 2.24) is 0 Å². The fourth-order valence-electron chi connectivity index (χ4n) is 3.51. The van der Waals surface area contributed by atoms with E-state index in [-0.39, 0.29) is 56.3 Å². The van der Waals surface area contributed by atoms with Gasteiger partial charge in [0.15, 0.2) is 0 Å². The van der Waals surface area contributed by atoms with Crippen LogP contribution in [0.1, 0.15) is 76.7 Å². The summed E-state index contributed by atoms with van der Waals surface area (Å²) in [7, 11) is -4.39. The van der Waals surface area contributed by atoms with E-state index in [0.717, 1.165) is 23.6 Å². The van der Waals surface area contributed by atoms with Gasteiger partial charge in [-0.05, 0) is 41.3 Å². The molecule has 144 valence electrons. The molecule has 3 nitrogen and oxygen atoms in total. The van der Waals surface area contributed by atoms with Crippen molar-refractivity contribution in [2.75, 3.05) is 0 Å². The Morgan fingerprint density at radius 3 is 2.00 bits per heavy atom. The van der Waals surface area contributed by atoms with Crippen molar-refractivity contribution < 1.29 is 64.4 Å². The normalized spacial score (nSPS) is 11.5. The Bertz CT molecular complexity index is 787. The molecule has 0 bridgehead atoms. The van der Waals surface area contributed by atoms with Crippen LogP contribution in [-0.2, 0) is 16.5 Å². The number of hydrogen-bond donors (Lipinski definition) is 0. The van der Waals surface area contributed by atoms with Gasteiger partial charge in [0.05, 0.1) is 4.90 Å². The van der Waals surface area contributed by atoms with E-state index in [2.05, 4.69) is 13.0 Å². The van der Waals surface area contributed by atoms with Crippen molar-refractivity contribution in [2.24, 2.45) is 0 Å². The standard InChI is InChI=1S/C22H32O3S.K/c1-2-3-4-5-6-7-8-9-10-11-13-19-14-12-15-20-18-21(26(23,24)25)16-17-22(19)20;/h12,14-18H,2-11,13H2,1H3,(H,23,24,25);/q;+1/p-1. The molecule has 2 aromatic rings. The molecule has 0 aromatic heterocycles. The van der Waals surface area contributed by atoms with E-state index in [0.29, 0.717) is 0 Å². The first-order valence-electron chi connectivity index (χ1n) is 10.00. The number of benzene rings is 2. The summed E-state index contributed by atoms with van der Waals surface area (Å²) in [6.45, 7) is 2.25. The van der Waals surface area contributed by atoms with Crippen LogP contribution in [0.15, 0.2) is 41.3 Å². The molecule has 0 aliphatic rings. The van der Waals surface area contributed by atoms with Crippen LogP contribution in [0, 0.1) is 0 Å². The van der Waals surface area contributed by atoms with Crippen molar-refractivity contribution in [3.63, 3.8) is 0 Å². The summed E-state index contributed by atoms with van der Waals surface area (Å²) in [6.07, 6.45) is 14.2. The van der Waals surface area contributed by atoms with Gasteiger partial charge in [-0.1, -0.05) is 89.0 Å². The maximum Gasteiger partial charge on any atom is 1.00 e. The number of rotatable bonds is 12. The van der Waals surface area contributed by atoms with Gasteiger partial charge in [0.2, 0.25) is 0 Å². The van der Waals surface area contributed by atoms with Crippen LogP contribution < -0.4 is 51.4 Å². The minimum atomic E-state index is -4.39. The third-order valence-electron chi connectivity index (χ3n) is 5.03. The third kappa shape index (κ3) is 9.07. The predicted octanol–water partition coefficient (Wildman–Crippen LogP) is 3.21. The molecule has 0 unspecified atom stereocenters. The van der Waals surface area contributed by atoms with Gasteiger partial charge in [0.25, 0.3) is 0 Å². The van der Waals surface area contributed by atoms with Crippen molar-refractivity contribution in [3.05, 3.63) is 42.0 Å². The zero-order chi connectivity index (χ0) is 18.8. The zero-order valence-electron chi connectivity index (χ0n) is 16.9. The van der Waals surface area contributed by atoms with E-state index in [9.17, 15) is 13.0 Å². The van der Waals surface area contributed by atoms with Gasteiger partial charge < -0.3 is 4.55 Å². The van der Waals surface area contributed by atoms with Crippen LogP contribution in [0.4, 0.5) is 0 Å². The van der Waals surface area contributed by atoms with E-state index in [1.165, 1.54) is 75.5 Å². The number of fused-ring (bicyclic) bond motifs is 1. The van der Waals surface area contributed by atoms with E-state index in [1.807, 2.05) is 12.1 Å². The molecule has 27 heavy (non-hydrogen) atoms. The minimum Gasteiger partial charge on any atom is -0.744 e. The van der Waals surface area contributed by atoms with E-state index in [1.54, 1.807) is 6.07 Å². The Balaban J connectivity index is 0.00000364. The van der Waals surface area contributed by atoms with Gasteiger partial charge >= 0.3 is 51.4 Å². The summed E-state index contributed by atoms with van der Waals surface area (Å²) < 4.78 is 33.5. The molecule has 0 aliphatic carbocycles. The van der Waals surface area contributed by atoms with E-state index >= 15 is 0 Å². The van der Waals surface area contributed by atoms with Gasteiger partial charge in [-0.2, -0.15) is 0 Å². The Kier molecular flexibility index (Phi) is 12.6. The van der Waals surface area contributed by atoms with Gasteiger partial charge in [-0.25, -0.2) is 8.42 Å². The smallest absolute Gasteiger partial charge is 0.744 e. The Morgan fingerprint density at radius 2 is 1.41 bits per heavy atom. The molecule has 0 heterocycles. The maximum absolute atomic E-state index is 11.2. The Morgan fingerprint density at radius 1 is 0.815 bits per heavy atom. The first-order valence-corrected chi connectivity index (χ1v) is 11.4. The second kappa shape index (κ2) is 13.5. The average Bonchev–Trinajstić information content (AvgIpc) is 2.62. The molecular weight excluding hydrogens is 383 g/mol. The minimum absolute atomic E-state index is 0. The van der Waals surface area contributed by atoms with Crippen molar-refractivity contribution >= 4 is 20.9 Å². The van der Waals surface area contributed by atoms with Crippen LogP contribution in [0.3, 0.4) is 0 Å². The van der Waals surface area contributed by atoms with Gasteiger partial charge in [-0.15, -0.1) is 0 Å². The molecular formula is C22H31KO3S. The Hall–Kier alpha value is 0.246. The van der Waals surface area contributed by atoms with Crippen LogP contribution in [0.5, 0.6) is 0 Å². The Labute approximate surface area is 207 Å². The molecule has 0 N–H and O–H groups in total. The van der Waals surface area contributed by atoms with Crippen LogP contribution in [0.25, 0.3) is 10.8 Å². The molecule has 0 saturated heterocycles. The van der Waals surface area contributed by atoms with Gasteiger partial charge in [0.1, 0.15) is 10.1 Å². The average molecular weight is 415 g/mol. The predicted molar refractivity (Wildman–Crippen MR) is 107 cm³/mol. The van der Waals surface area contributed by atoms with Crippen LogP contribution >= 0.6 is 0 Å². The van der Waals surface area contributed by atoms with E-state index < -0.39 is 10.1 Å². The second-order valence-electron chi connectivity index (χ2n) is 7.19. The molecule has 0 aliphatic heterocycles. The largest absolute Gasteiger partial charge is 1.00 e. The molecule has 2 aromatic carbocycles. The molecule has 5 heteroatoms. The quantitative estimate of drug-likeness (QED) is 0.304. The monoisotopic (exact) mass is 414 g/mol. The number of unbranched alkanes of at least 4 members (excludes halogenated alkanes) is 9. The first-order chi connectivity index (χ1) is 12.5. The fourth-order valence-corrected chi connectivity index (χ4v) is 4.01. The third-order valence-corrected chi connectivity index (χ3v) is 5.86. The first kappa shape index (κ1) is 25.3. The number of aryl methyl sites for hydroxylation is 1. The molecule has 2 rings (SSSR count). The summed E-state index contributed by atoms with van der Waals surface area (Å²) >= 11 is 0. The molecule has 0 spiro atoms. The molecule has 0 amide bonds. The van der Waals surface area contributed by atoms with Crippen molar-refractivity contribution in [1.29, 1.82) is 0 Å².